The van der Waals surface area contributed by atoms with Crippen molar-refractivity contribution in [3.63, 3.8) is 0 Å². The molecule has 2 atom stereocenters. The second kappa shape index (κ2) is 6.98. The van der Waals surface area contributed by atoms with Crippen molar-refractivity contribution in [3.8, 4) is 11.8 Å². The van der Waals surface area contributed by atoms with Gasteiger partial charge in [0.1, 0.15) is 17.4 Å². The first-order valence-electron chi connectivity index (χ1n) is 6.80. The van der Waals surface area contributed by atoms with Crippen LogP contribution in [0, 0.1) is 11.3 Å². The Morgan fingerprint density at radius 1 is 1.29 bits per heavy atom. The second-order valence-electron chi connectivity index (χ2n) is 5.81. The maximum absolute atomic E-state index is 11.8. The van der Waals surface area contributed by atoms with Crippen molar-refractivity contribution < 1.29 is 14.3 Å². The van der Waals surface area contributed by atoms with Gasteiger partial charge < -0.3 is 14.8 Å². The zero-order valence-electron chi connectivity index (χ0n) is 13.1. The Labute approximate surface area is 125 Å². The molecule has 0 unspecified atom stereocenters. The number of rotatable bonds is 4. The van der Waals surface area contributed by atoms with Gasteiger partial charge in [0, 0.05) is 5.92 Å². The molecule has 5 heteroatoms. The Kier molecular flexibility index (Phi) is 5.60. The third-order valence-corrected chi connectivity index (χ3v) is 2.95. The highest BCUT2D eigenvalue weighted by Gasteiger charge is 2.24. The van der Waals surface area contributed by atoms with Gasteiger partial charge in [-0.15, -0.1) is 0 Å². The lowest BCUT2D eigenvalue weighted by molar-refractivity contribution is 0.0511. The van der Waals surface area contributed by atoms with E-state index in [1.54, 1.807) is 27.9 Å². The molecular formula is C16H22N2O3. The van der Waals surface area contributed by atoms with Gasteiger partial charge >= 0.3 is 6.09 Å². The summed E-state index contributed by atoms with van der Waals surface area (Å²) in [5.74, 6) is 0.591. The molecule has 0 spiro atoms. The van der Waals surface area contributed by atoms with E-state index in [1.165, 1.54) is 0 Å². The molecule has 0 saturated carbocycles. The lowest BCUT2D eigenvalue weighted by Crippen LogP contribution is -2.40. The quantitative estimate of drug-likeness (QED) is 0.924. The number of alkyl carbamates (subject to hydrolysis) is 1. The van der Waals surface area contributed by atoms with E-state index in [9.17, 15) is 10.1 Å². The molecular weight excluding hydrogens is 268 g/mol. The molecule has 0 aromatic heterocycles. The Morgan fingerprint density at radius 3 is 2.29 bits per heavy atom. The Morgan fingerprint density at radius 2 is 1.86 bits per heavy atom. The number of ether oxygens (including phenoxy) is 2. The SMILES string of the molecule is COc1ccc([C@H](C)[C@@H](C#N)NC(=O)OC(C)(C)C)cc1. The van der Waals surface area contributed by atoms with E-state index in [1.807, 2.05) is 31.2 Å². The summed E-state index contributed by atoms with van der Waals surface area (Å²) in [6.45, 7) is 7.22. The van der Waals surface area contributed by atoms with Crippen molar-refractivity contribution in [3.05, 3.63) is 29.8 Å². The largest absolute Gasteiger partial charge is 0.497 e. The molecule has 0 bridgehead atoms. The lowest BCUT2D eigenvalue weighted by atomic mass is 9.94. The molecule has 0 saturated heterocycles. The van der Waals surface area contributed by atoms with Gasteiger partial charge in [0.05, 0.1) is 13.2 Å². The Balaban J connectivity index is 2.75. The molecule has 1 N–H and O–H groups in total. The zero-order chi connectivity index (χ0) is 16.0. The summed E-state index contributed by atoms with van der Waals surface area (Å²) >= 11 is 0. The van der Waals surface area contributed by atoms with Crippen LogP contribution < -0.4 is 10.1 Å². The first-order valence-corrected chi connectivity index (χ1v) is 6.80. The van der Waals surface area contributed by atoms with E-state index in [0.29, 0.717) is 0 Å². The summed E-state index contributed by atoms with van der Waals surface area (Å²) in [4.78, 5) is 11.8. The molecule has 114 valence electrons. The van der Waals surface area contributed by atoms with Gasteiger partial charge in [-0.05, 0) is 38.5 Å². The maximum Gasteiger partial charge on any atom is 0.408 e. The third kappa shape index (κ3) is 5.35. The molecule has 1 aromatic rings. The van der Waals surface area contributed by atoms with Gasteiger partial charge in [0.2, 0.25) is 0 Å². The lowest BCUT2D eigenvalue weighted by Gasteiger charge is -2.23. The number of nitrogens with zero attached hydrogens (tertiary/aromatic N) is 1. The van der Waals surface area contributed by atoms with Crippen molar-refractivity contribution in [2.45, 2.75) is 45.3 Å². The van der Waals surface area contributed by atoms with Crippen LogP contribution in [0.5, 0.6) is 5.75 Å². The van der Waals surface area contributed by atoms with Gasteiger partial charge in [-0.3, -0.25) is 0 Å². The van der Waals surface area contributed by atoms with Crippen molar-refractivity contribution in [2.24, 2.45) is 0 Å². The number of carbonyl (C=O) groups is 1. The number of hydrogen-bond acceptors (Lipinski definition) is 4. The minimum absolute atomic E-state index is 0.159. The Hall–Kier alpha value is -2.22. The van der Waals surface area contributed by atoms with Gasteiger partial charge in [0.15, 0.2) is 0 Å². The van der Waals surface area contributed by atoms with E-state index < -0.39 is 17.7 Å². The van der Waals surface area contributed by atoms with Crippen LogP contribution in [-0.4, -0.2) is 24.8 Å². The van der Waals surface area contributed by atoms with E-state index in [-0.39, 0.29) is 5.92 Å². The van der Waals surface area contributed by atoms with Crippen molar-refractivity contribution in [1.82, 2.24) is 5.32 Å². The molecule has 1 rings (SSSR count). The summed E-state index contributed by atoms with van der Waals surface area (Å²) in [6, 6.07) is 8.86. The van der Waals surface area contributed by atoms with Crippen LogP contribution in [0.25, 0.3) is 0 Å². The summed E-state index contributed by atoms with van der Waals surface area (Å²) in [6.07, 6.45) is -0.589. The standard InChI is InChI=1S/C16H22N2O3/c1-11(12-6-8-13(20-5)9-7-12)14(10-17)18-15(19)21-16(2,3)4/h6-9,11,14H,1-5H3,(H,18,19)/t11-,14+/m0/s1. The highest BCUT2D eigenvalue weighted by Crippen LogP contribution is 2.22. The fourth-order valence-corrected chi connectivity index (χ4v) is 1.80. The summed E-state index contributed by atoms with van der Waals surface area (Å²) in [5.41, 5.74) is 0.353. The van der Waals surface area contributed by atoms with Crippen LogP contribution in [0.15, 0.2) is 24.3 Å². The molecule has 21 heavy (non-hydrogen) atoms. The fourth-order valence-electron chi connectivity index (χ4n) is 1.80. The van der Waals surface area contributed by atoms with Crippen LogP contribution in [0.4, 0.5) is 4.79 Å². The van der Waals surface area contributed by atoms with Gasteiger partial charge in [-0.1, -0.05) is 19.1 Å². The maximum atomic E-state index is 11.8. The number of amides is 1. The first kappa shape index (κ1) is 16.8. The molecule has 0 radical (unpaired) electrons. The minimum Gasteiger partial charge on any atom is -0.497 e. The van der Waals surface area contributed by atoms with Crippen molar-refractivity contribution in [1.29, 1.82) is 5.26 Å². The molecule has 0 heterocycles. The summed E-state index contributed by atoms with van der Waals surface area (Å²) in [5, 5.41) is 11.9. The van der Waals surface area contributed by atoms with Crippen LogP contribution in [-0.2, 0) is 4.74 Å². The molecule has 0 aliphatic carbocycles. The Bertz CT molecular complexity index is 512. The average Bonchev–Trinajstić information content (AvgIpc) is 2.42. The second-order valence-corrected chi connectivity index (χ2v) is 5.81. The normalized spacial score (nSPS) is 13.7. The topological polar surface area (TPSA) is 71.3 Å². The molecule has 0 aliphatic heterocycles. The summed E-state index contributed by atoms with van der Waals surface area (Å²) in [7, 11) is 1.60. The van der Waals surface area contributed by atoms with E-state index in [4.69, 9.17) is 9.47 Å². The smallest absolute Gasteiger partial charge is 0.408 e. The van der Waals surface area contributed by atoms with Gasteiger partial charge in [-0.25, -0.2) is 4.79 Å². The zero-order valence-corrected chi connectivity index (χ0v) is 13.1. The number of methoxy groups -OCH3 is 1. The highest BCUT2D eigenvalue weighted by molar-refractivity contribution is 5.68. The minimum atomic E-state index is -0.659. The third-order valence-electron chi connectivity index (χ3n) is 2.95. The highest BCUT2D eigenvalue weighted by atomic mass is 16.6. The van der Waals surface area contributed by atoms with Crippen molar-refractivity contribution in [2.75, 3.05) is 7.11 Å². The monoisotopic (exact) mass is 290 g/mol. The molecule has 0 aliphatic rings. The number of nitrogens with one attached hydrogen (secondary N) is 1. The van der Waals surface area contributed by atoms with Crippen LogP contribution in [0.1, 0.15) is 39.2 Å². The number of nitriles is 1. The van der Waals surface area contributed by atoms with Crippen LogP contribution in [0.3, 0.4) is 0 Å². The molecule has 5 nitrogen and oxygen atoms in total. The van der Waals surface area contributed by atoms with Crippen LogP contribution in [0.2, 0.25) is 0 Å². The van der Waals surface area contributed by atoms with Crippen LogP contribution >= 0.6 is 0 Å². The predicted molar refractivity (Wildman–Crippen MR) is 80.2 cm³/mol. The first-order chi connectivity index (χ1) is 9.76. The predicted octanol–water partition coefficient (Wildman–Crippen LogP) is 3.22. The fraction of sp³-hybridized carbons (Fsp3) is 0.500. The molecule has 1 amide bonds. The van der Waals surface area contributed by atoms with Gasteiger partial charge in [-0.2, -0.15) is 5.26 Å². The summed E-state index contributed by atoms with van der Waals surface area (Å²) < 4.78 is 10.3. The van der Waals surface area contributed by atoms with Gasteiger partial charge in [0.25, 0.3) is 0 Å². The van der Waals surface area contributed by atoms with Crippen molar-refractivity contribution >= 4 is 6.09 Å². The van der Waals surface area contributed by atoms with E-state index in [2.05, 4.69) is 11.4 Å². The number of benzene rings is 1. The molecule has 0 fully saturated rings. The number of hydrogen-bond donors (Lipinski definition) is 1. The van der Waals surface area contributed by atoms with E-state index >= 15 is 0 Å². The number of carbonyl (C=O) groups excluding carboxylic acids is 1. The van der Waals surface area contributed by atoms with E-state index in [0.717, 1.165) is 11.3 Å². The molecule has 1 aromatic carbocycles. The average molecular weight is 290 g/mol.